The van der Waals surface area contributed by atoms with E-state index in [2.05, 4.69) is 50.4 Å². The summed E-state index contributed by atoms with van der Waals surface area (Å²) in [7, 11) is 0. The molecule has 3 atom stereocenters. The molecule has 3 N–H and O–H groups in total. The molecular formula is C56H107NO5. The molecule has 0 aromatic carbocycles. The highest BCUT2D eigenvalue weighted by Gasteiger charge is 2.24. The normalized spacial score (nSPS) is 13.3. The Balaban J connectivity index is 4.49. The van der Waals surface area contributed by atoms with Gasteiger partial charge in [-0.2, -0.15) is 0 Å². The molecule has 6 heteroatoms. The minimum Gasteiger partial charge on any atom is -0.462 e. The van der Waals surface area contributed by atoms with Gasteiger partial charge < -0.3 is 20.3 Å². The Morgan fingerprint density at radius 3 is 1.18 bits per heavy atom. The Morgan fingerprint density at radius 1 is 0.452 bits per heavy atom. The van der Waals surface area contributed by atoms with Crippen LogP contribution in [0.5, 0.6) is 0 Å². The van der Waals surface area contributed by atoms with Crippen LogP contribution < -0.4 is 5.32 Å². The van der Waals surface area contributed by atoms with Crippen LogP contribution in [0.3, 0.4) is 0 Å². The first kappa shape index (κ1) is 60.3. The van der Waals surface area contributed by atoms with Gasteiger partial charge in [0.05, 0.1) is 25.2 Å². The molecule has 0 radical (unpaired) electrons. The third-order valence-corrected chi connectivity index (χ3v) is 12.8. The van der Waals surface area contributed by atoms with Crippen LogP contribution in [-0.2, 0) is 14.3 Å². The van der Waals surface area contributed by atoms with Crippen LogP contribution in [0.4, 0.5) is 0 Å². The number of rotatable bonds is 50. The number of amides is 1. The summed E-state index contributed by atoms with van der Waals surface area (Å²) in [5.41, 5.74) is 0. The average Bonchev–Trinajstić information content (AvgIpc) is 3.26. The second-order valence-corrected chi connectivity index (χ2v) is 19.0. The fraction of sp³-hybridized carbons (Fsp3) is 0.893. The topological polar surface area (TPSA) is 95.9 Å². The molecule has 0 rings (SSSR count). The number of unbranched alkanes of at least 4 members (excludes halogenated alkanes) is 34. The van der Waals surface area contributed by atoms with E-state index >= 15 is 0 Å². The molecular weight excluding hydrogens is 767 g/mol. The summed E-state index contributed by atoms with van der Waals surface area (Å²) in [6.45, 7) is 6.49. The van der Waals surface area contributed by atoms with Crippen LogP contribution in [-0.4, -0.2) is 46.9 Å². The predicted octanol–water partition coefficient (Wildman–Crippen LogP) is 16.7. The molecule has 0 aliphatic heterocycles. The number of nitrogens with one attached hydrogen (secondary N) is 1. The number of hydrogen-bond donors (Lipinski definition) is 3. The van der Waals surface area contributed by atoms with E-state index in [1.807, 2.05) is 0 Å². The lowest BCUT2D eigenvalue weighted by molar-refractivity contribution is -0.151. The number of carbonyl (C=O) groups is 2. The molecule has 0 fully saturated rings. The van der Waals surface area contributed by atoms with Gasteiger partial charge in [0.1, 0.15) is 6.10 Å². The lowest BCUT2D eigenvalue weighted by atomic mass is 10.0. The molecule has 0 heterocycles. The van der Waals surface area contributed by atoms with Crippen LogP contribution in [0.15, 0.2) is 24.3 Å². The Morgan fingerprint density at radius 2 is 0.790 bits per heavy atom. The molecule has 0 saturated carbocycles. The minimum atomic E-state index is -0.792. The maximum absolute atomic E-state index is 13.2. The van der Waals surface area contributed by atoms with Gasteiger partial charge in [-0.3, -0.25) is 9.59 Å². The number of esters is 1. The lowest BCUT2D eigenvalue weighted by Crippen LogP contribution is -2.46. The van der Waals surface area contributed by atoms with Crippen LogP contribution in [0.25, 0.3) is 0 Å². The van der Waals surface area contributed by atoms with Crippen molar-refractivity contribution in [2.45, 2.75) is 315 Å². The maximum atomic E-state index is 13.2. The van der Waals surface area contributed by atoms with Gasteiger partial charge in [-0.1, -0.05) is 238 Å². The van der Waals surface area contributed by atoms with Crippen molar-refractivity contribution in [2.24, 2.45) is 0 Å². The first-order valence-corrected chi connectivity index (χ1v) is 27.6. The van der Waals surface area contributed by atoms with Crippen molar-refractivity contribution >= 4 is 11.9 Å². The molecule has 0 aromatic heterocycles. The Labute approximate surface area is 386 Å². The van der Waals surface area contributed by atoms with Crippen LogP contribution in [0.2, 0.25) is 0 Å². The van der Waals surface area contributed by atoms with E-state index in [0.717, 1.165) is 64.2 Å². The third kappa shape index (κ3) is 44.9. The summed E-state index contributed by atoms with van der Waals surface area (Å²) in [5, 5.41) is 23.8. The van der Waals surface area contributed by atoms with Gasteiger partial charge in [-0.25, -0.2) is 0 Å². The van der Waals surface area contributed by atoms with E-state index in [4.69, 9.17) is 4.74 Å². The van der Waals surface area contributed by atoms with E-state index in [0.29, 0.717) is 19.3 Å². The maximum Gasteiger partial charge on any atom is 0.306 e. The average molecular weight is 874 g/mol. The number of aliphatic hydroxyl groups is 2. The summed E-state index contributed by atoms with van der Waals surface area (Å²) < 4.78 is 5.92. The van der Waals surface area contributed by atoms with E-state index in [1.165, 1.54) is 186 Å². The summed E-state index contributed by atoms with van der Waals surface area (Å²) in [6.07, 6.45) is 58.2. The van der Waals surface area contributed by atoms with Gasteiger partial charge in [-0.15, -0.1) is 0 Å². The lowest BCUT2D eigenvalue weighted by Gasteiger charge is -2.24. The van der Waals surface area contributed by atoms with Crippen molar-refractivity contribution in [2.75, 3.05) is 6.61 Å². The predicted molar refractivity (Wildman–Crippen MR) is 269 cm³/mol. The van der Waals surface area contributed by atoms with Crippen LogP contribution >= 0.6 is 0 Å². The fourth-order valence-corrected chi connectivity index (χ4v) is 8.54. The largest absolute Gasteiger partial charge is 0.462 e. The molecule has 0 bridgehead atoms. The van der Waals surface area contributed by atoms with E-state index in [1.54, 1.807) is 0 Å². The highest BCUT2D eigenvalue weighted by molar-refractivity contribution is 5.77. The van der Waals surface area contributed by atoms with E-state index in [9.17, 15) is 19.8 Å². The van der Waals surface area contributed by atoms with Crippen LogP contribution in [0, 0.1) is 0 Å². The van der Waals surface area contributed by atoms with Gasteiger partial charge in [0.2, 0.25) is 5.91 Å². The SMILES string of the molecule is CCCCCCCC/C=C\CCCC(CC(=O)NC(CO)C(O)CCCCCCCCCCCCCCCC)OC(=O)CCCCCCC/C=C/CCCCCCCCCCC. The third-order valence-electron chi connectivity index (χ3n) is 12.8. The number of ether oxygens (including phenoxy) is 1. The molecule has 0 saturated heterocycles. The van der Waals surface area contributed by atoms with Crippen molar-refractivity contribution in [3.63, 3.8) is 0 Å². The summed E-state index contributed by atoms with van der Waals surface area (Å²) in [5.74, 6) is -0.500. The van der Waals surface area contributed by atoms with Gasteiger partial charge in [0.25, 0.3) is 0 Å². The number of hydrogen-bond acceptors (Lipinski definition) is 5. The van der Waals surface area contributed by atoms with Gasteiger partial charge in [0.15, 0.2) is 0 Å². The Kier molecular flexibility index (Phi) is 49.0. The van der Waals surface area contributed by atoms with Crippen molar-refractivity contribution < 1.29 is 24.5 Å². The number of aliphatic hydroxyl groups excluding tert-OH is 2. The highest BCUT2D eigenvalue weighted by Crippen LogP contribution is 2.18. The molecule has 1 amide bonds. The molecule has 366 valence electrons. The van der Waals surface area contributed by atoms with Gasteiger partial charge in [-0.05, 0) is 70.6 Å². The summed E-state index contributed by atoms with van der Waals surface area (Å²) >= 11 is 0. The van der Waals surface area contributed by atoms with E-state index in [-0.39, 0.29) is 24.9 Å². The van der Waals surface area contributed by atoms with Crippen molar-refractivity contribution in [3.8, 4) is 0 Å². The minimum absolute atomic E-state index is 0.0575. The molecule has 0 aliphatic carbocycles. The van der Waals surface area contributed by atoms with Crippen molar-refractivity contribution in [3.05, 3.63) is 24.3 Å². The van der Waals surface area contributed by atoms with Crippen molar-refractivity contribution in [1.82, 2.24) is 5.32 Å². The molecule has 6 nitrogen and oxygen atoms in total. The smallest absolute Gasteiger partial charge is 0.306 e. The molecule has 0 aliphatic rings. The molecule has 0 aromatic rings. The van der Waals surface area contributed by atoms with Crippen LogP contribution in [0.1, 0.15) is 297 Å². The molecule has 0 spiro atoms. The quantitative estimate of drug-likeness (QED) is 0.0321. The highest BCUT2D eigenvalue weighted by atomic mass is 16.5. The van der Waals surface area contributed by atoms with Gasteiger partial charge >= 0.3 is 5.97 Å². The Hall–Kier alpha value is -1.66. The second kappa shape index (κ2) is 50.3. The monoisotopic (exact) mass is 874 g/mol. The zero-order valence-corrected chi connectivity index (χ0v) is 41.8. The van der Waals surface area contributed by atoms with E-state index < -0.39 is 18.2 Å². The second-order valence-electron chi connectivity index (χ2n) is 19.0. The summed E-state index contributed by atoms with van der Waals surface area (Å²) in [4.78, 5) is 26.2. The standard InChI is InChI=1S/C56H107NO5/c1-4-7-10-13-16-19-22-24-26-27-28-29-31-34-37-40-43-46-49-56(61)62-52(47-44-41-38-35-32-21-18-15-12-9-6-3)50-55(60)57-53(51-58)54(59)48-45-42-39-36-33-30-25-23-20-17-14-11-8-5-2/h28-29,35,38,52-54,58-59H,4-27,30-34,36-37,39-51H2,1-3H3,(H,57,60)/b29-28+,38-35-. The molecule has 3 unspecified atom stereocenters. The molecule has 62 heavy (non-hydrogen) atoms. The first-order chi connectivity index (χ1) is 30.5. The fourth-order valence-electron chi connectivity index (χ4n) is 8.54. The number of allylic oxidation sites excluding steroid dienone is 4. The Bertz CT molecular complexity index is 981. The first-order valence-electron chi connectivity index (χ1n) is 27.6. The van der Waals surface area contributed by atoms with Crippen molar-refractivity contribution in [1.29, 1.82) is 0 Å². The zero-order valence-electron chi connectivity index (χ0n) is 41.8. The number of carbonyl (C=O) groups excluding carboxylic acids is 2. The summed E-state index contributed by atoms with van der Waals surface area (Å²) in [6, 6.07) is -0.707. The van der Waals surface area contributed by atoms with Gasteiger partial charge in [0, 0.05) is 6.42 Å². The zero-order chi connectivity index (χ0) is 45.2.